The van der Waals surface area contributed by atoms with Gasteiger partial charge in [0.1, 0.15) is 0 Å². The predicted octanol–water partition coefficient (Wildman–Crippen LogP) is 5.41. The molecule has 0 saturated heterocycles. The third kappa shape index (κ3) is 6.95. The number of alkyl halides is 2. The van der Waals surface area contributed by atoms with Crippen LogP contribution in [0.25, 0.3) is 0 Å². The smallest absolute Gasteiger partial charge is 0.278 e. The van der Waals surface area contributed by atoms with E-state index in [1.165, 1.54) is 11.3 Å². The fraction of sp³-hybridized carbons (Fsp3) is 0.640. The summed E-state index contributed by atoms with van der Waals surface area (Å²) < 4.78 is 36.4. The van der Waals surface area contributed by atoms with Gasteiger partial charge in [0, 0.05) is 49.1 Å². The molecule has 0 atom stereocenters. The van der Waals surface area contributed by atoms with E-state index in [4.69, 9.17) is 9.47 Å². The van der Waals surface area contributed by atoms with Crippen molar-refractivity contribution in [1.82, 2.24) is 14.9 Å². The number of aromatic nitrogens is 2. The van der Waals surface area contributed by atoms with Crippen LogP contribution in [0, 0.1) is 11.8 Å². The van der Waals surface area contributed by atoms with E-state index in [1.54, 1.807) is 25.4 Å². The van der Waals surface area contributed by atoms with Crippen molar-refractivity contribution in [3.63, 3.8) is 0 Å². The monoisotopic (exact) mass is 493 g/mol. The molecule has 0 spiro atoms. The number of carbonyl (C=O) groups is 1. The molecule has 0 amide bonds. The van der Waals surface area contributed by atoms with Gasteiger partial charge in [-0.2, -0.15) is 0 Å². The van der Waals surface area contributed by atoms with Crippen molar-refractivity contribution in [3.05, 3.63) is 34.5 Å². The van der Waals surface area contributed by atoms with E-state index in [2.05, 4.69) is 14.9 Å². The van der Waals surface area contributed by atoms with Crippen LogP contribution in [-0.4, -0.2) is 53.4 Å². The second-order valence-corrected chi connectivity index (χ2v) is 10.7. The first-order chi connectivity index (χ1) is 16.3. The number of pyridine rings is 1. The first-order valence-electron chi connectivity index (χ1n) is 12.0. The van der Waals surface area contributed by atoms with Crippen LogP contribution in [0.5, 0.6) is 11.1 Å². The number of fused-ring (bicyclic) bond motifs is 1. The molecular formula is C25H33F2N3O3S. The van der Waals surface area contributed by atoms with Crippen LogP contribution in [0.2, 0.25) is 0 Å². The molecule has 0 unspecified atom stereocenters. The lowest BCUT2D eigenvalue weighted by Crippen LogP contribution is -2.32. The van der Waals surface area contributed by atoms with Gasteiger partial charge in [-0.1, -0.05) is 24.2 Å². The van der Waals surface area contributed by atoms with Gasteiger partial charge >= 0.3 is 0 Å². The Morgan fingerprint density at radius 3 is 2.76 bits per heavy atom. The van der Waals surface area contributed by atoms with E-state index < -0.39 is 12.5 Å². The van der Waals surface area contributed by atoms with Gasteiger partial charge in [-0.05, 0) is 50.1 Å². The maximum atomic E-state index is 13.0. The lowest BCUT2D eigenvalue weighted by Gasteiger charge is -2.31. The van der Waals surface area contributed by atoms with Crippen molar-refractivity contribution >= 4 is 17.1 Å². The molecular weight excluding hydrogens is 460 g/mol. The second-order valence-electron chi connectivity index (χ2n) is 9.62. The summed E-state index contributed by atoms with van der Waals surface area (Å²) in [4.78, 5) is 24.7. The summed E-state index contributed by atoms with van der Waals surface area (Å²) in [7, 11) is 1.56. The lowest BCUT2D eigenvalue weighted by atomic mass is 9.78. The second kappa shape index (κ2) is 11.1. The fourth-order valence-electron chi connectivity index (χ4n) is 4.83. The van der Waals surface area contributed by atoms with Crippen molar-refractivity contribution < 1.29 is 23.0 Å². The number of halogens is 2. The first-order valence-corrected chi connectivity index (χ1v) is 12.9. The number of methoxy groups -OCH3 is 1. The largest absolute Gasteiger partial charge is 0.481 e. The topological polar surface area (TPSA) is 64.5 Å². The molecule has 34 heavy (non-hydrogen) atoms. The van der Waals surface area contributed by atoms with Crippen LogP contribution in [-0.2, 0) is 13.0 Å². The number of Topliss-reactive ketones (excluding diaryl/α,β-unsaturated/α-hetero) is 1. The summed E-state index contributed by atoms with van der Waals surface area (Å²) in [6.07, 6.45) is 8.77. The third-order valence-corrected chi connectivity index (χ3v) is 7.87. The Hall–Kier alpha value is -2.13. The minimum absolute atomic E-state index is 0.169. The highest BCUT2D eigenvalue weighted by atomic mass is 32.1. The van der Waals surface area contributed by atoms with Gasteiger partial charge in [0.15, 0.2) is 12.4 Å². The van der Waals surface area contributed by atoms with Crippen molar-refractivity contribution in [3.8, 4) is 11.1 Å². The Bertz CT molecular complexity index is 971. The normalized spacial score (nSPS) is 21.2. The highest BCUT2D eigenvalue weighted by Gasteiger charge is 2.27. The lowest BCUT2D eigenvalue weighted by molar-refractivity contribution is -0.0230. The number of thiazole rings is 1. The average molecular weight is 494 g/mol. The van der Waals surface area contributed by atoms with Gasteiger partial charge in [-0.3, -0.25) is 9.69 Å². The van der Waals surface area contributed by atoms with Crippen LogP contribution < -0.4 is 9.47 Å². The van der Waals surface area contributed by atoms with E-state index >= 15 is 0 Å². The van der Waals surface area contributed by atoms with Gasteiger partial charge in [0.05, 0.1) is 12.8 Å². The van der Waals surface area contributed by atoms with Crippen LogP contribution in [0.15, 0.2) is 18.3 Å². The molecule has 0 radical (unpaired) electrons. The van der Waals surface area contributed by atoms with Crippen LogP contribution >= 0.6 is 11.3 Å². The van der Waals surface area contributed by atoms with Gasteiger partial charge in [0.25, 0.3) is 11.1 Å². The number of nitrogens with zero attached hydrogens (tertiary/aromatic N) is 3. The molecule has 4 rings (SSSR count). The van der Waals surface area contributed by atoms with Crippen LogP contribution in [0.4, 0.5) is 8.78 Å². The molecule has 3 heterocycles. The number of hydrogen-bond donors (Lipinski definition) is 0. The number of rotatable bonds is 10. The molecule has 2 aliphatic rings. The van der Waals surface area contributed by atoms with E-state index in [0.717, 1.165) is 75.7 Å². The quantitative estimate of drug-likeness (QED) is 0.413. The molecule has 0 bridgehead atoms. The molecule has 1 saturated carbocycles. The minimum atomic E-state index is -2.85. The average Bonchev–Trinajstić information content (AvgIpc) is 3.24. The van der Waals surface area contributed by atoms with Crippen molar-refractivity contribution in [2.75, 3.05) is 26.8 Å². The Morgan fingerprint density at radius 2 is 2.03 bits per heavy atom. The molecule has 0 aromatic carbocycles. The zero-order chi connectivity index (χ0) is 24.1. The Labute approximate surface area is 203 Å². The summed E-state index contributed by atoms with van der Waals surface area (Å²) in [5.41, 5.74) is 1.65. The molecule has 0 N–H and O–H groups in total. The standard InChI is InChI=1S/C25H33F2N3O3S/c1-25(26,27)16-33-24-29-20-15-30(12-9-22(20)34-24)11-8-17-3-5-18(6-4-17)13-21(31)19-7-10-28-23(14-19)32-2/h7,10,14,17-18H,3-6,8-9,11-13,15-16H2,1-2H3. The maximum absolute atomic E-state index is 13.0. The van der Waals surface area contributed by atoms with Crippen molar-refractivity contribution in [2.24, 2.45) is 11.8 Å². The van der Waals surface area contributed by atoms with E-state index in [1.807, 2.05) is 0 Å². The molecule has 1 aliphatic carbocycles. The zero-order valence-electron chi connectivity index (χ0n) is 19.9. The number of hydrogen-bond acceptors (Lipinski definition) is 7. The molecule has 1 fully saturated rings. The van der Waals surface area contributed by atoms with Gasteiger partial charge in [0.2, 0.25) is 5.88 Å². The zero-order valence-corrected chi connectivity index (χ0v) is 20.7. The molecule has 6 nitrogen and oxygen atoms in total. The summed E-state index contributed by atoms with van der Waals surface area (Å²) in [5, 5.41) is 0.353. The van der Waals surface area contributed by atoms with E-state index in [9.17, 15) is 13.6 Å². The molecule has 2 aromatic heterocycles. The summed E-state index contributed by atoms with van der Waals surface area (Å²) in [5.74, 6) is -1.07. The van der Waals surface area contributed by atoms with Crippen molar-refractivity contribution in [1.29, 1.82) is 0 Å². The first kappa shape index (κ1) is 25.0. The summed E-state index contributed by atoms with van der Waals surface area (Å²) >= 11 is 1.40. The number of ether oxygens (including phenoxy) is 2. The van der Waals surface area contributed by atoms with E-state index in [0.29, 0.717) is 34.9 Å². The Kier molecular flexibility index (Phi) is 8.14. The summed E-state index contributed by atoms with van der Waals surface area (Å²) in [6.45, 7) is 2.97. The summed E-state index contributed by atoms with van der Waals surface area (Å²) in [6, 6.07) is 3.48. The maximum Gasteiger partial charge on any atom is 0.278 e. The highest BCUT2D eigenvalue weighted by molar-refractivity contribution is 7.13. The molecule has 1 aliphatic heterocycles. The third-order valence-electron chi connectivity index (χ3n) is 6.80. The molecule has 9 heteroatoms. The van der Waals surface area contributed by atoms with Crippen molar-refractivity contribution in [2.45, 2.75) is 64.3 Å². The van der Waals surface area contributed by atoms with Gasteiger partial charge in [-0.25, -0.2) is 18.7 Å². The fourth-order valence-corrected chi connectivity index (χ4v) is 5.74. The predicted molar refractivity (Wildman–Crippen MR) is 127 cm³/mol. The number of carbonyl (C=O) groups excluding carboxylic acids is 1. The SMILES string of the molecule is COc1cc(C(=O)CC2CCC(CCN3CCc4sc(OCC(C)(F)F)nc4C3)CC2)ccn1. The Balaban J connectivity index is 1.18. The van der Waals surface area contributed by atoms with E-state index in [-0.39, 0.29) is 5.78 Å². The molecule has 2 aromatic rings. The number of ketones is 1. The van der Waals surface area contributed by atoms with Crippen LogP contribution in [0.1, 0.15) is 66.4 Å². The van der Waals surface area contributed by atoms with Gasteiger partial charge in [-0.15, -0.1) is 0 Å². The Morgan fingerprint density at radius 1 is 1.26 bits per heavy atom. The highest BCUT2D eigenvalue weighted by Crippen LogP contribution is 2.35. The van der Waals surface area contributed by atoms with Gasteiger partial charge < -0.3 is 9.47 Å². The minimum Gasteiger partial charge on any atom is -0.481 e. The molecule has 186 valence electrons. The van der Waals surface area contributed by atoms with Crippen LogP contribution in [0.3, 0.4) is 0 Å².